The Morgan fingerprint density at radius 3 is 2.69 bits per heavy atom. The van der Waals surface area contributed by atoms with Gasteiger partial charge >= 0.3 is 0 Å². The Kier molecular flexibility index (Phi) is 9.16. The van der Waals surface area contributed by atoms with E-state index >= 15 is 0 Å². The van der Waals surface area contributed by atoms with E-state index in [1.165, 1.54) is 32.1 Å². The Morgan fingerprint density at radius 2 is 1.91 bits per heavy atom. The summed E-state index contributed by atoms with van der Waals surface area (Å²) in [6, 6.07) is 14.2. The minimum absolute atomic E-state index is 0.185. The molecule has 4 nitrogen and oxygen atoms in total. The van der Waals surface area contributed by atoms with Gasteiger partial charge in [-0.15, -0.1) is 0 Å². The molecule has 2 aromatic rings. The number of fused-ring (bicyclic) bond motifs is 1. The Labute approximate surface area is 216 Å². The molecule has 2 unspecified atom stereocenters. The third-order valence-corrected chi connectivity index (χ3v) is 7.43. The van der Waals surface area contributed by atoms with E-state index in [9.17, 15) is 0 Å². The Morgan fingerprint density at radius 1 is 1.09 bits per heavy atom. The van der Waals surface area contributed by atoms with Gasteiger partial charge in [0.15, 0.2) is 0 Å². The molecule has 0 spiro atoms. The molecule has 0 aromatic heterocycles. The topological polar surface area (TPSA) is 39.7 Å². The maximum Gasteiger partial charge on any atom is 0.132 e. The first-order chi connectivity index (χ1) is 17.0. The number of anilines is 1. The standard InChI is InChI=1S/C30H40ClNO3/c1-4-5-17-34-29-28(33-18-16-22-10-7-6-8-11-22)26-20-25(14-15-27(26)35-30(29,2)3)32-21-23-12-9-13-24(31)19-23/h4-5,9,12-15,19-20,22,28-29,32H,6-8,10-11,16-18,21H2,1-3H3/b5-4+. The largest absolute Gasteiger partial charge is 0.485 e. The fourth-order valence-electron chi connectivity index (χ4n) is 5.25. The number of hydrogen-bond donors (Lipinski definition) is 1. The lowest BCUT2D eigenvalue weighted by molar-refractivity contribution is -0.158. The molecule has 0 bridgehead atoms. The van der Waals surface area contributed by atoms with Gasteiger partial charge in [-0.3, -0.25) is 0 Å². The molecule has 2 aromatic carbocycles. The highest BCUT2D eigenvalue weighted by Gasteiger charge is 2.45. The maximum atomic E-state index is 6.65. The van der Waals surface area contributed by atoms with E-state index in [1.54, 1.807) is 0 Å². The lowest BCUT2D eigenvalue weighted by atomic mass is 9.86. The number of ether oxygens (including phenoxy) is 3. The fourth-order valence-corrected chi connectivity index (χ4v) is 5.46. The van der Waals surface area contributed by atoms with Gasteiger partial charge < -0.3 is 19.5 Å². The lowest BCUT2D eigenvalue weighted by Gasteiger charge is -2.44. The monoisotopic (exact) mass is 497 g/mol. The molecule has 1 aliphatic heterocycles. The molecule has 0 saturated heterocycles. The predicted molar refractivity (Wildman–Crippen MR) is 144 cm³/mol. The second-order valence-corrected chi connectivity index (χ2v) is 10.8. The highest BCUT2D eigenvalue weighted by atomic mass is 35.5. The van der Waals surface area contributed by atoms with Crippen LogP contribution in [0.1, 0.15) is 76.5 Å². The van der Waals surface area contributed by atoms with Crippen molar-refractivity contribution in [2.75, 3.05) is 18.5 Å². The van der Waals surface area contributed by atoms with Crippen LogP contribution in [0.2, 0.25) is 5.02 Å². The molecule has 1 heterocycles. The van der Waals surface area contributed by atoms with Gasteiger partial charge in [-0.1, -0.05) is 68.0 Å². The number of rotatable bonds is 10. The Balaban J connectivity index is 1.53. The summed E-state index contributed by atoms with van der Waals surface area (Å²) in [6.07, 6.45) is 11.5. The van der Waals surface area contributed by atoms with Crippen LogP contribution in [0.5, 0.6) is 5.75 Å². The summed E-state index contributed by atoms with van der Waals surface area (Å²) in [5.74, 6) is 1.65. The van der Waals surface area contributed by atoms with E-state index in [4.69, 9.17) is 25.8 Å². The van der Waals surface area contributed by atoms with E-state index < -0.39 is 5.60 Å². The summed E-state index contributed by atoms with van der Waals surface area (Å²) in [4.78, 5) is 0. The van der Waals surface area contributed by atoms with Gasteiger partial charge in [0.1, 0.15) is 23.6 Å². The second-order valence-electron chi connectivity index (χ2n) is 10.3. The highest BCUT2D eigenvalue weighted by molar-refractivity contribution is 6.30. The minimum atomic E-state index is -0.500. The van der Waals surface area contributed by atoms with E-state index in [0.29, 0.717) is 13.2 Å². The molecule has 2 atom stereocenters. The fraction of sp³-hybridized carbons (Fsp3) is 0.533. The van der Waals surface area contributed by atoms with Crippen molar-refractivity contribution in [3.05, 3.63) is 70.8 Å². The quantitative estimate of drug-likeness (QED) is 0.336. The zero-order valence-corrected chi connectivity index (χ0v) is 22.2. The summed E-state index contributed by atoms with van der Waals surface area (Å²) in [7, 11) is 0. The average Bonchev–Trinajstić information content (AvgIpc) is 2.85. The van der Waals surface area contributed by atoms with Gasteiger partial charge in [-0.05, 0) is 69.0 Å². The van der Waals surface area contributed by atoms with Crippen molar-refractivity contribution < 1.29 is 14.2 Å². The van der Waals surface area contributed by atoms with Gasteiger partial charge in [-0.2, -0.15) is 0 Å². The number of allylic oxidation sites excluding steroid dienone is 1. The second kappa shape index (κ2) is 12.3. The number of nitrogens with one attached hydrogen (secondary N) is 1. The zero-order valence-electron chi connectivity index (χ0n) is 21.4. The van der Waals surface area contributed by atoms with Crippen LogP contribution in [-0.2, 0) is 16.0 Å². The van der Waals surface area contributed by atoms with Crippen molar-refractivity contribution in [3.8, 4) is 5.75 Å². The molecule has 5 heteroatoms. The third-order valence-electron chi connectivity index (χ3n) is 7.19. The highest BCUT2D eigenvalue weighted by Crippen LogP contribution is 2.44. The van der Waals surface area contributed by atoms with Gasteiger partial charge in [0.25, 0.3) is 0 Å². The molecule has 2 aliphatic rings. The molecule has 0 amide bonds. The van der Waals surface area contributed by atoms with Gasteiger partial charge in [0, 0.05) is 29.4 Å². The van der Waals surface area contributed by atoms with Crippen LogP contribution in [0.3, 0.4) is 0 Å². The molecule has 1 aliphatic carbocycles. The molecule has 4 rings (SSSR count). The van der Waals surface area contributed by atoms with Gasteiger partial charge in [0.2, 0.25) is 0 Å². The van der Waals surface area contributed by atoms with Crippen LogP contribution in [0.15, 0.2) is 54.6 Å². The molecule has 1 fully saturated rings. The van der Waals surface area contributed by atoms with Crippen molar-refractivity contribution in [2.24, 2.45) is 5.92 Å². The maximum absolute atomic E-state index is 6.65. The number of halogens is 1. The molecule has 190 valence electrons. The smallest absolute Gasteiger partial charge is 0.132 e. The van der Waals surface area contributed by atoms with Crippen LogP contribution in [0, 0.1) is 5.92 Å². The molecule has 1 saturated carbocycles. The minimum Gasteiger partial charge on any atom is -0.485 e. The predicted octanol–water partition coefficient (Wildman–Crippen LogP) is 8.11. The number of benzene rings is 2. The normalized spacial score (nSPS) is 22.1. The van der Waals surface area contributed by atoms with Crippen molar-refractivity contribution >= 4 is 17.3 Å². The SMILES string of the molecule is C/C=C/COC1C(OCCC2CCCCC2)c2cc(NCc3cccc(Cl)c3)ccc2OC1(C)C. The first kappa shape index (κ1) is 26.1. The van der Waals surface area contributed by atoms with E-state index in [1.807, 2.05) is 37.3 Å². The third kappa shape index (κ3) is 7.03. The summed E-state index contributed by atoms with van der Waals surface area (Å²) in [5, 5.41) is 4.28. The van der Waals surface area contributed by atoms with E-state index in [0.717, 1.165) is 46.5 Å². The molecule has 35 heavy (non-hydrogen) atoms. The summed E-state index contributed by atoms with van der Waals surface area (Å²) in [6.45, 7) is 8.18. The lowest BCUT2D eigenvalue weighted by Crippen LogP contribution is -2.51. The molecule has 0 radical (unpaired) electrons. The van der Waals surface area contributed by atoms with Crippen LogP contribution in [0.25, 0.3) is 0 Å². The summed E-state index contributed by atoms with van der Waals surface area (Å²) < 4.78 is 19.5. The summed E-state index contributed by atoms with van der Waals surface area (Å²) in [5.41, 5.74) is 2.72. The van der Waals surface area contributed by atoms with Crippen molar-refractivity contribution in [1.29, 1.82) is 0 Å². The first-order valence-electron chi connectivity index (χ1n) is 13.1. The van der Waals surface area contributed by atoms with Gasteiger partial charge in [0.05, 0.1) is 6.61 Å². The molecular formula is C30H40ClNO3. The van der Waals surface area contributed by atoms with E-state index in [-0.39, 0.29) is 12.2 Å². The van der Waals surface area contributed by atoms with Crippen LogP contribution in [0.4, 0.5) is 5.69 Å². The Bertz CT molecular complexity index is 983. The number of hydrogen-bond acceptors (Lipinski definition) is 4. The van der Waals surface area contributed by atoms with Crippen LogP contribution in [-0.4, -0.2) is 24.9 Å². The van der Waals surface area contributed by atoms with Crippen molar-refractivity contribution in [3.63, 3.8) is 0 Å². The van der Waals surface area contributed by atoms with Crippen LogP contribution >= 0.6 is 11.6 Å². The van der Waals surface area contributed by atoms with Crippen molar-refractivity contribution in [1.82, 2.24) is 0 Å². The van der Waals surface area contributed by atoms with Crippen LogP contribution < -0.4 is 10.1 Å². The molecular weight excluding hydrogens is 458 g/mol. The zero-order chi connectivity index (χ0) is 24.7. The van der Waals surface area contributed by atoms with Gasteiger partial charge in [-0.25, -0.2) is 0 Å². The van der Waals surface area contributed by atoms with Crippen molar-refractivity contribution in [2.45, 2.75) is 83.6 Å². The van der Waals surface area contributed by atoms with E-state index in [2.05, 4.69) is 43.4 Å². The Hall–Kier alpha value is -2.01. The summed E-state index contributed by atoms with van der Waals surface area (Å²) >= 11 is 6.16. The molecule has 1 N–H and O–H groups in total. The average molecular weight is 498 g/mol. The first-order valence-corrected chi connectivity index (χ1v) is 13.5.